The standard InChI is InChI=1S/C28H33NO3/c1-31-28-17-9-13-23-12-8-14-24(18-27(23)28)29(19-22-10-4-2-5-11-22)20-25(30)21-32-26-15-6-3-7-16-26/h2-7,9-11,13,15-17,24-25,30H,8,12,14,18-21H2,1H3/t24?,25-/m0/s1. The Balaban J connectivity index is 1.50. The van der Waals surface area contributed by atoms with Gasteiger partial charge >= 0.3 is 0 Å². The number of aryl methyl sites for hydroxylation is 1. The van der Waals surface area contributed by atoms with Gasteiger partial charge in [0.1, 0.15) is 24.2 Å². The Morgan fingerprint density at radius 3 is 2.47 bits per heavy atom. The number of hydrogen-bond acceptors (Lipinski definition) is 4. The summed E-state index contributed by atoms with van der Waals surface area (Å²) < 4.78 is 11.5. The highest BCUT2D eigenvalue weighted by molar-refractivity contribution is 5.41. The molecule has 0 fully saturated rings. The van der Waals surface area contributed by atoms with Crippen molar-refractivity contribution in [3.05, 3.63) is 95.6 Å². The lowest BCUT2D eigenvalue weighted by atomic mass is 9.99. The molecule has 1 unspecified atom stereocenters. The largest absolute Gasteiger partial charge is 0.496 e. The smallest absolute Gasteiger partial charge is 0.122 e. The molecular formula is C28H33NO3. The second-order valence-corrected chi connectivity index (χ2v) is 8.54. The molecule has 1 N–H and O–H groups in total. The number of benzene rings is 3. The van der Waals surface area contributed by atoms with Crippen molar-refractivity contribution in [3.63, 3.8) is 0 Å². The van der Waals surface area contributed by atoms with Crippen LogP contribution in [0.25, 0.3) is 0 Å². The number of aliphatic hydroxyl groups is 1. The SMILES string of the molecule is COc1cccc2c1CC(N(Cc1ccccc1)C[C@H](O)COc1ccccc1)CCC2. The van der Waals surface area contributed by atoms with E-state index < -0.39 is 6.10 Å². The van der Waals surface area contributed by atoms with E-state index in [0.717, 1.165) is 43.7 Å². The zero-order chi connectivity index (χ0) is 22.2. The number of hydrogen-bond donors (Lipinski definition) is 1. The molecule has 168 valence electrons. The Morgan fingerprint density at radius 2 is 1.72 bits per heavy atom. The van der Waals surface area contributed by atoms with Gasteiger partial charge in [-0.15, -0.1) is 0 Å². The highest BCUT2D eigenvalue weighted by atomic mass is 16.5. The van der Waals surface area contributed by atoms with E-state index in [4.69, 9.17) is 9.47 Å². The van der Waals surface area contributed by atoms with Gasteiger partial charge in [0.05, 0.1) is 7.11 Å². The van der Waals surface area contributed by atoms with Crippen LogP contribution in [-0.2, 0) is 19.4 Å². The minimum absolute atomic E-state index is 0.280. The van der Waals surface area contributed by atoms with Gasteiger partial charge in [-0.25, -0.2) is 0 Å². The number of rotatable bonds is 9. The predicted molar refractivity (Wildman–Crippen MR) is 128 cm³/mol. The average molecular weight is 432 g/mol. The van der Waals surface area contributed by atoms with Crippen LogP contribution in [0.3, 0.4) is 0 Å². The van der Waals surface area contributed by atoms with Crippen LogP contribution in [0.15, 0.2) is 78.9 Å². The van der Waals surface area contributed by atoms with Gasteiger partial charge in [0, 0.05) is 19.1 Å². The molecule has 1 aliphatic carbocycles. The molecule has 0 bridgehead atoms. The number of ether oxygens (including phenoxy) is 2. The summed E-state index contributed by atoms with van der Waals surface area (Å²) in [6.45, 7) is 1.65. The Labute approximate surface area is 191 Å². The normalized spacial score (nSPS) is 16.8. The molecule has 0 heterocycles. The van der Waals surface area contributed by atoms with Crippen molar-refractivity contribution >= 4 is 0 Å². The molecule has 4 nitrogen and oxygen atoms in total. The van der Waals surface area contributed by atoms with Crippen LogP contribution < -0.4 is 9.47 Å². The molecular weight excluding hydrogens is 398 g/mol. The summed E-state index contributed by atoms with van der Waals surface area (Å²) in [5, 5.41) is 10.9. The highest BCUT2D eigenvalue weighted by Crippen LogP contribution is 2.31. The Kier molecular flexibility index (Phi) is 7.81. The third kappa shape index (κ3) is 5.90. The van der Waals surface area contributed by atoms with Crippen molar-refractivity contribution in [1.82, 2.24) is 4.90 Å². The number of methoxy groups -OCH3 is 1. The summed E-state index contributed by atoms with van der Waals surface area (Å²) in [7, 11) is 1.75. The van der Waals surface area contributed by atoms with Gasteiger partial charge in [0.2, 0.25) is 0 Å². The molecule has 4 heteroatoms. The molecule has 4 rings (SSSR count). The maximum absolute atomic E-state index is 10.9. The van der Waals surface area contributed by atoms with Crippen molar-refractivity contribution < 1.29 is 14.6 Å². The summed E-state index contributed by atoms with van der Waals surface area (Å²) in [4.78, 5) is 2.43. The third-order valence-electron chi connectivity index (χ3n) is 6.25. The summed E-state index contributed by atoms with van der Waals surface area (Å²) >= 11 is 0. The molecule has 2 atom stereocenters. The van der Waals surface area contributed by atoms with Crippen molar-refractivity contribution in [2.24, 2.45) is 0 Å². The van der Waals surface area contributed by atoms with Crippen LogP contribution in [-0.4, -0.2) is 42.4 Å². The molecule has 0 spiro atoms. The molecule has 32 heavy (non-hydrogen) atoms. The van der Waals surface area contributed by atoms with E-state index in [0.29, 0.717) is 12.6 Å². The lowest BCUT2D eigenvalue weighted by Gasteiger charge is -2.33. The molecule has 3 aromatic carbocycles. The maximum Gasteiger partial charge on any atom is 0.122 e. The molecule has 0 aliphatic heterocycles. The molecule has 1 aliphatic rings. The zero-order valence-electron chi connectivity index (χ0n) is 18.8. The molecule has 0 amide bonds. The Hall–Kier alpha value is -2.82. The van der Waals surface area contributed by atoms with Gasteiger partial charge in [-0.2, -0.15) is 0 Å². The van der Waals surface area contributed by atoms with Gasteiger partial charge in [-0.3, -0.25) is 4.90 Å². The number of nitrogens with zero attached hydrogens (tertiary/aromatic N) is 1. The Morgan fingerprint density at radius 1 is 0.969 bits per heavy atom. The van der Waals surface area contributed by atoms with E-state index in [1.165, 1.54) is 16.7 Å². The first-order chi connectivity index (χ1) is 15.7. The summed E-state index contributed by atoms with van der Waals surface area (Å²) in [5.74, 6) is 1.76. The van der Waals surface area contributed by atoms with Crippen LogP contribution in [0.1, 0.15) is 29.5 Å². The van der Waals surface area contributed by atoms with Crippen molar-refractivity contribution in [1.29, 1.82) is 0 Å². The fraction of sp³-hybridized carbons (Fsp3) is 0.357. The summed E-state index contributed by atoms with van der Waals surface area (Å²) in [6.07, 6.45) is 3.66. The van der Waals surface area contributed by atoms with Gasteiger partial charge in [-0.1, -0.05) is 60.7 Å². The van der Waals surface area contributed by atoms with Crippen LogP contribution in [0.2, 0.25) is 0 Å². The van der Waals surface area contributed by atoms with Crippen LogP contribution in [0.5, 0.6) is 11.5 Å². The van der Waals surface area contributed by atoms with Crippen molar-refractivity contribution in [2.75, 3.05) is 20.3 Å². The van der Waals surface area contributed by atoms with Crippen LogP contribution in [0.4, 0.5) is 0 Å². The lowest BCUT2D eigenvalue weighted by Crippen LogP contribution is -2.42. The van der Waals surface area contributed by atoms with Crippen LogP contribution >= 0.6 is 0 Å². The number of fused-ring (bicyclic) bond motifs is 1. The van der Waals surface area contributed by atoms with E-state index in [1.807, 2.05) is 36.4 Å². The van der Waals surface area contributed by atoms with Gasteiger partial charge in [0.25, 0.3) is 0 Å². The average Bonchev–Trinajstić information content (AvgIpc) is 3.06. The third-order valence-corrected chi connectivity index (χ3v) is 6.25. The zero-order valence-corrected chi connectivity index (χ0v) is 18.8. The molecule has 0 radical (unpaired) electrons. The second kappa shape index (κ2) is 11.2. The highest BCUT2D eigenvalue weighted by Gasteiger charge is 2.26. The second-order valence-electron chi connectivity index (χ2n) is 8.54. The first kappa shape index (κ1) is 22.4. The fourth-order valence-electron chi connectivity index (χ4n) is 4.64. The van der Waals surface area contributed by atoms with Crippen molar-refractivity contribution in [3.8, 4) is 11.5 Å². The number of aliphatic hydroxyl groups excluding tert-OH is 1. The van der Waals surface area contributed by atoms with E-state index in [2.05, 4.69) is 47.4 Å². The fourth-order valence-corrected chi connectivity index (χ4v) is 4.64. The monoisotopic (exact) mass is 431 g/mol. The van der Waals surface area contributed by atoms with Gasteiger partial charge in [-0.05, 0) is 60.6 Å². The minimum Gasteiger partial charge on any atom is -0.496 e. The summed E-state index contributed by atoms with van der Waals surface area (Å²) in [5.41, 5.74) is 3.96. The first-order valence-electron chi connectivity index (χ1n) is 11.5. The van der Waals surface area contributed by atoms with Crippen molar-refractivity contribution in [2.45, 2.75) is 44.4 Å². The first-order valence-corrected chi connectivity index (χ1v) is 11.5. The van der Waals surface area contributed by atoms with Gasteiger partial charge in [0.15, 0.2) is 0 Å². The molecule has 0 saturated carbocycles. The summed E-state index contributed by atoms with van der Waals surface area (Å²) in [6, 6.07) is 26.9. The van der Waals surface area contributed by atoms with E-state index >= 15 is 0 Å². The molecule has 0 saturated heterocycles. The molecule has 3 aromatic rings. The molecule has 0 aromatic heterocycles. The lowest BCUT2D eigenvalue weighted by molar-refractivity contribution is 0.0462. The van der Waals surface area contributed by atoms with E-state index in [1.54, 1.807) is 7.11 Å². The number of para-hydroxylation sites is 1. The van der Waals surface area contributed by atoms with Crippen LogP contribution in [0, 0.1) is 0 Å². The van der Waals surface area contributed by atoms with E-state index in [9.17, 15) is 5.11 Å². The van der Waals surface area contributed by atoms with E-state index in [-0.39, 0.29) is 6.61 Å². The maximum atomic E-state index is 10.9. The van der Waals surface area contributed by atoms with Gasteiger partial charge < -0.3 is 14.6 Å². The minimum atomic E-state index is -0.570. The Bertz CT molecular complexity index is 961. The topological polar surface area (TPSA) is 41.9 Å². The quantitative estimate of drug-likeness (QED) is 0.490. The predicted octanol–water partition coefficient (Wildman–Crippen LogP) is 4.88.